The van der Waals surface area contributed by atoms with Crippen molar-refractivity contribution in [1.29, 1.82) is 0 Å². The van der Waals surface area contributed by atoms with Gasteiger partial charge in [0.1, 0.15) is 5.82 Å². The molecule has 0 saturated heterocycles. The van der Waals surface area contributed by atoms with E-state index in [1.54, 1.807) is 25.3 Å². The van der Waals surface area contributed by atoms with Crippen LogP contribution >= 0.6 is 0 Å². The van der Waals surface area contributed by atoms with Crippen LogP contribution in [0.1, 0.15) is 31.1 Å². The Morgan fingerprint density at radius 2 is 2.31 bits per heavy atom. The van der Waals surface area contributed by atoms with Gasteiger partial charge in [-0.15, -0.1) is 0 Å². The van der Waals surface area contributed by atoms with Crippen molar-refractivity contribution in [2.45, 2.75) is 26.8 Å². The number of rotatable bonds is 5. The van der Waals surface area contributed by atoms with Crippen LogP contribution in [0.5, 0.6) is 0 Å². The molecule has 0 spiro atoms. The fourth-order valence-corrected chi connectivity index (χ4v) is 1.17. The second-order valence-electron chi connectivity index (χ2n) is 3.56. The van der Waals surface area contributed by atoms with Crippen LogP contribution in [0.3, 0.4) is 0 Å². The predicted octanol–water partition coefficient (Wildman–Crippen LogP) is 1.58. The molecule has 5 nitrogen and oxygen atoms in total. The zero-order valence-corrected chi connectivity index (χ0v) is 9.78. The fraction of sp³-hybridized carbons (Fsp3) is 0.455. The average Bonchev–Trinajstić information content (AvgIpc) is 2.26. The maximum Gasteiger partial charge on any atom is 0.278 e. The quantitative estimate of drug-likeness (QED) is 0.744. The van der Waals surface area contributed by atoms with Crippen molar-refractivity contribution in [3.05, 3.63) is 23.9 Å². The summed E-state index contributed by atoms with van der Waals surface area (Å²) in [5, 5.41) is 3.10. The van der Waals surface area contributed by atoms with Crippen LogP contribution in [0, 0.1) is 0 Å². The van der Waals surface area contributed by atoms with Crippen molar-refractivity contribution in [2.24, 2.45) is 0 Å². The highest BCUT2D eigenvalue weighted by Gasteiger charge is 2.12. The number of aromatic nitrogens is 1. The molecule has 0 aliphatic heterocycles. The molecule has 0 aliphatic rings. The van der Waals surface area contributed by atoms with Gasteiger partial charge in [0, 0.05) is 12.2 Å². The topological polar surface area (TPSA) is 63.2 Å². The lowest BCUT2D eigenvalue weighted by Gasteiger charge is -2.12. The minimum Gasteiger partial charge on any atom is -0.367 e. The van der Waals surface area contributed by atoms with E-state index in [-0.39, 0.29) is 11.9 Å². The maximum absolute atomic E-state index is 11.7. The zero-order valence-electron chi connectivity index (χ0n) is 9.78. The lowest BCUT2D eigenvalue weighted by molar-refractivity contribution is 0.0365. The average molecular weight is 223 g/mol. The summed E-state index contributed by atoms with van der Waals surface area (Å²) in [5.74, 6) is 0.271. The molecule has 0 fully saturated rings. The highest BCUT2D eigenvalue weighted by atomic mass is 16.6. The van der Waals surface area contributed by atoms with E-state index in [2.05, 4.69) is 15.8 Å². The molecule has 0 aliphatic carbocycles. The monoisotopic (exact) mass is 223 g/mol. The summed E-state index contributed by atoms with van der Waals surface area (Å²) in [6.07, 6.45) is 1.64. The summed E-state index contributed by atoms with van der Waals surface area (Å²) in [5.41, 5.74) is 2.82. The number of nitrogens with zero attached hydrogens (tertiary/aromatic N) is 1. The van der Waals surface area contributed by atoms with Crippen molar-refractivity contribution in [2.75, 3.05) is 11.9 Å². The molecule has 0 bridgehead atoms. The van der Waals surface area contributed by atoms with Crippen LogP contribution < -0.4 is 10.8 Å². The zero-order chi connectivity index (χ0) is 12.0. The highest BCUT2D eigenvalue weighted by Crippen LogP contribution is 2.12. The number of carbonyl (C=O) groups is 1. The molecule has 5 heteroatoms. The molecule has 2 N–H and O–H groups in total. The van der Waals surface area contributed by atoms with Crippen LogP contribution in [0.2, 0.25) is 0 Å². The number of anilines is 1. The van der Waals surface area contributed by atoms with Gasteiger partial charge in [0.25, 0.3) is 5.91 Å². The Hall–Kier alpha value is -1.62. The molecule has 0 atom stereocenters. The summed E-state index contributed by atoms with van der Waals surface area (Å²) in [4.78, 5) is 20.7. The smallest absolute Gasteiger partial charge is 0.278 e. The van der Waals surface area contributed by atoms with Gasteiger partial charge in [-0.3, -0.25) is 9.63 Å². The molecule has 0 aromatic carbocycles. The highest BCUT2D eigenvalue weighted by molar-refractivity contribution is 5.98. The number of pyridine rings is 1. The van der Waals surface area contributed by atoms with E-state index in [1.165, 1.54) is 0 Å². The number of carbonyl (C=O) groups excluding carboxylic acids is 1. The van der Waals surface area contributed by atoms with Crippen LogP contribution in [-0.4, -0.2) is 23.5 Å². The Kier molecular flexibility index (Phi) is 4.72. The number of hydrogen-bond acceptors (Lipinski definition) is 4. The largest absolute Gasteiger partial charge is 0.367 e. The predicted molar refractivity (Wildman–Crippen MR) is 62.1 cm³/mol. The standard InChI is InChI=1S/C11H17N3O2/c1-4-16-14-11(15)9-6-5-7-12-10(9)13-8(2)3/h5-8H,4H2,1-3H3,(H,12,13)(H,14,15). The van der Waals surface area contributed by atoms with Crippen molar-refractivity contribution < 1.29 is 9.63 Å². The van der Waals surface area contributed by atoms with E-state index in [1.807, 2.05) is 13.8 Å². The van der Waals surface area contributed by atoms with E-state index in [9.17, 15) is 4.79 Å². The first kappa shape index (κ1) is 12.4. The maximum atomic E-state index is 11.7. The second kappa shape index (κ2) is 6.07. The van der Waals surface area contributed by atoms with Crippen LogP contribution in [-0.2, 0) is 4.84 Å². The van der Waals surface area contributed by atoms with Gasteiger partial charge in [0.2, 0.25) is 0 Å². The normalized spacial score (nSPS) is 10.2. The van der Waals surface area contributed by atoms with E-state index >= 15 is 0 Å². The Labute approximate surface area is 95.2 Å². The van der Waals surface area contributed by atoms with E-state index in [0.717, 1.165) is 0 Å². The third-order valence-electron chi connectivity index (χ3n) is 1.79. The van der Waals surface area contributed by atoms with Crippen LogP contribution in [0.25, 0.3) is 0 Å². The van der Waals surface area contributed by atoms with Crippen molar-refractivity contribution in [3.63, 3.8) is 0 Å². The van der Waals surface area contributed by atoms with Gasteiger partial charge >= 0.3 is 0 Å². The number of amides is 1. The molecular weight excluding hydrogens is 206 g/mol. The van der Waals surface area contributed by atoms with Crippen LogP contribution in [0.4, 0.5) is 5.82 Å². The molecule has 1 aromatic rings. The fourth-order valence-electron chi connectivity index (χ4n) is 1.17. The van der Waals surface area contributed by atoms with E-state index in [4.69, 9.17) is 4.84 Å². The van der Waals surface area contributed by atoms with Gasteiger partial charge in [-0.1, -0.05) is 0 Å². The molecule has 1 aromatic heterocycles. The number of hydrogen-bond donors (Lipinski definition) is 2. The van der Waals surface area contributed by atoms with Gasteiger partial charge in [-0.05, 0) is 32.9 Å². The van der Waals surface area contributed by atoms with Crippen molar-refractivity contribution in [1.82, 2.24) is 10.5 Å². The Morgan fingerprint density at radius 3 is 2.94 bits per heavy atom. The molecule has 0 unspecified atom stereocenters. The van der Waals surface area contributed by atoms with Gasteiger partial charge in [0.15, 0.2) is 0 Å². The summed E-state index contributed by atoms with van der Waals surface area (Å²) >= 11 is 0. The molecule has 1 rings (SSSR count). The first-order chi connectivity index (χ1) is 7.65. The number of hydroxylamine groups is 1. The minimum atomic E-state index is -0.293. The second-order valence-corrected chi connectivity index (χ2v) is 3.56. The first-order valence-electron chi connectivity index (χ1n) is 5.28. The molecule has 0 saturated carbocycles. The molecule has 0 radical (unpaired) electrons. The van der Waals surface area contributed by atoms with Gasteiger partial charge in [-0.2, -0.15) is 0 Å². The third kappa shape index (κ3) is 3.51. The molecular formula is C11H17N3O2. The van der Waals surface area contributed by atoms with Gasteiger partial charge < -0.3 is 5.32 Å². The molecule has 1 amide bonds. The Balaban J connectivity index is 2.81. The Bertz CT molecular complexity index is 353. The lowest BCUT2D eigenvalue weighted by Crippen LogP contribution is -2.25. The SMILES string of the molecule is CCONC(=O)c1cccnc1NC(C)C. The summed E-state index contributed by atoms with van der Waals surface area (Å²) in [6, 6.07) is 3.63. The first-order valence-corrected chi connectivity index (χ1v) is 5.28. The number of nitrogens with one attached hydrogen (secondary N) is 2. The summed E-state index contributed by atoms with van der Waals surface area (Å²) in [7, 11) is 0. The third-order valence-corrected chi connectivity index (χ3v) is 1.79. The summed E-state index contributed by atoms with van der Waals surface area (Å²) in [6.45, 7) is 6.20. The van der Waals surface area contributed by atoms with Gasteiger partial charge in [0.05, 0.1) is 12.2 Å². The molecule has 1 heterocycles. The lowest BCUT2D eigenvalue weighted by atomic mass is 10.2. The molecule has 16 heavy (non-hydrogen) atoms. The van der Waals surface area contributed by atoms with E-state index in [0.29, 0.717) is 18.0 Å². The van der Waals surface area contributed by atoms with Crippen LogP contribution in [0.15, 0.2) is 18.3 Å². The van der Waals surface area contributed by atoms with Crippen molar-refractivity contribution in [3.8, 4) is 0 Å². The van der Waals surface area contributed by atoms with E-state index < -0.39 is 0 Å². The summed E-state index contributed by atoms with van der Waals surface area (Å²) < 4.78 is 0. The minimum absolute atomic E-state index is 0.216. The van der Waals surface area contributed by atoms with Crippen molar-refractivity contribution >= 4 is 11.7 Å². The molecule has 88 valence electrons. The Morgan fingerprint density at radius 1 is 1.56 bits per heavy atom. The van der Waals surface area contributed by atoms with Gasteiger partial charge in [-0.25, -0.2) is 10.5 Å².